The van der Waals surface area contributed by atoms with Gasteiger partial charge in [-0.2, -0.15) is 0 Å². The standard InChI is InChI=1S/C13H21N3O/c1-15-6-5-10(7-15)12-8-16-11(9-17)3-2-4-13(16)14-12/h8,10-11,17H,2-7,9H2,1H3. The van der Waals surface area contributed by atoms with Crippen LogP contribution in [-0.2, 0) is 6.42 Å². The van der Waals surface area contributed by atoms with Crippen molar-refractivity contribution in [2.24, 2.45) is 0 Å². The van der Waals surface area contributed by atoms with Crippen LogP contribution in [0.1, 0.15) is 42.7 Å². The molecule has 1 aromatic heterocycles. The Balaban J connectivity index is 1.85. The number of aryl methyl sites for hydroxylation is 1. The molecule has 94 valence electrons. The molecule has 3 rings (SSSR count). The molecule has 0 aromatic carbocycles. The van der Waals surface area contributed by atoms with Crippen LogP contribution in [0, 0.1) is 0 Å². The molecule has 0 amide bonds. The van der Waals surface area contributed by atoms with E-state index in [-0.39, 0.29) is 12.6 Å². The number of imidazole rings is 1. The highest BCUT2D eigenvalue weighted by Gasteiger charge is 2.27. The van der Waals surface area contributed by atoms with Gasteiger partial charge in [0, 0.05) is 25.1 Å². The normalized spacial score (nSPS) is 29.5. The Morgan fingerprint density at radius 2 is 2.35 bits per heavy atom. The Kier molecular flexibility index (Phi) is 2.92. The number of hydrogen-bond acceptors (Lipinski definition) is 3. The van der Waals surface area contributed by atoms with E-state index < -0.39 is 0 Å². The van der Waals surface area contributed by atoms with Crippen molar-refractivity contribution in [2.75, 3.05) is 26.7 Å². The van der Waals surface area contributed by atoms with E-state index in [0.29, 0.717) is 5.92 Å². The number of nitrogens with zero attached hydrogens (tertiary/aromatic N) is 3. The van der Waals surface area contributed by atoms with Crippen LogP contribution in [0.4, 0.5) is 0 Å². The summed E-state index contributed by atoms with van der Waals surface area (Å²) in [6.07, 6.45) is 6.73. The van der Waals surface area contributed by atoms with Crippen LogP contribution in [-0.4, -0.2) is 46.3 Å². The summed E-state index contributed by atoms with van der Waals surface area (Å²) in [5.41, 5.74) is 1.24. The quantitative estimate of drug-likeness (QED) is 0.836. The zero-order valence-electron chi connectivity index (χ0n) is 10.5. The second-order valence-electron chi connectivity index (χ2n) is 5.47. The molecule has 17 heavy (non-hydrogen) atoms. The molecule has 2 atom stereocenters. The molecule has 0 aliphatic carbocycles. The number of hydrogen-bond donors (Lipinski definition) is 1. The van der Waals surface area contributed by atoms with E-state index in [0.717, 1.165) is 25.8 Å². The van der Waals surface area contributed by atoms with Crippen molar-refractivity contribution < 1.29 is 5.11 Å². The van der Waals surface area contributed by atoms with Gasteiger partial charge in [-0.1, -0.05) is 0 Å². The average Bonchev–Trinajstić information content (AvgIpc) is 2.93. The van der Waals surface area contributed by atoms with Crippen LogP contribution in [0.3, 0.4) is 0 Å². The summed E-state index contributed by atoms with van der Waals surface area (Å²) in [7, 11) is 2.17. The predicted octanol–water partition coefficient (Wildman–Crippen LogP) is 1.17. The van der Waals surface area contributed by atoms with Gasteiger partial charge in [0.1, 0.15) is 5.82 Å². The molecule has 2 aliphatic rings. The second-order valence-corrected chi connectivity index (χ2v) is 5.47. The zero-order valence-corrected chi connectivity index (χ0v) is 10.5. The minimum atomic E-state index is 0.243. The first kappa shape index (κ1) is 11.2. The van der Waals surface area contributed by atoms with E-state index >= 15 is 0 Å². The van der Waals surface area contributed by atoms with E-state index in [9.17, 15) is 5.11 Å². The van der Waals surface area contributed by atoms with Gasteiger partial charge in [0.05, 0.1) is 18.3 Å². The van der Waals surface area contributed by atoms with E-state index in [1.807, 2.05) is 0 Å². The van der Waals surface area contributed by atoms with Gasteiger partial charge in [0.15, 0.2) is 0 Å². The van der Waals surface area contributed by atoms with Crippen molar-refractivity contribution in [3.63, 3.8) is 0 Å². The Labute approximate surface area is 102 Å². The maximum absolute atomic E-state index is 9.40. The SMILES string of the molecule is CN1CCC(c2cn3c(n2)CCCC3CO)C1. The van der Waals surface area contributed by atoms with Crippen molar-refractivity contribution >= 4 is 0 Å². The highest BCUT2D eigenvalue weighted by molar-refractivity contribution is 5.14. The molecular weight excluding hydrogens is 214 g/mol. The molecule has 0 radical (unpaired) electrons. The Morgan fingerprint density at radius 3 is 3.06 bits per heavy atom. The molecule has 1 N–H and O–H groups in total. The highest BCUT2D eigenvalue weighted by atomic mass is 16.3. The van der Waals surface area contributed by atoms with Crippen LogP contribution in [0.25, 0.3) is 0 Å². The van der Waals surface area contributed by atoms with Crippen molar-refractivity contribution in [1.82, 2.24) is 14.5 Å². The predicted molar refractivity (Wildman–Crippen MR) is 66.1 cm³/mol. The fourth-order valence-corrected chi connectivity index (χ4v) is 3.14. The van der Waals surface area contributed by atoms with Gasteiger partial charge in [-0.25, -0.2) is 4.98 Å². The van der Waals surface area contributed by atoms with Gasteiger partial charge in [-0.3, -0.25) is 0 Å². The second kappa shape index (κ2) is 4.42. The van der Waals surface area contributed by atoms with Gasteiger partial charge < -0.3 is 14.6 Å². The minimum absolute atomic E-state index is 0.243. The van der Waals surface area contributed by atoms with Crippen LogP contribution in [0.2, 0.25) is 0 Å². The first-order chi connectivity index (χ1) is 8.28. The molecule has 0 bridgehead atoms. The fourth-order valence-electron chi connectivity index (χ4n) is 3.14. The average molecular weight is 235 g/mol. The van der Waals surface area contributed by atoms with Crippen molar-refractivity contribution in [3.05, 3.63) is 17.7 Å². The molecule has 0 spiro atoms. The van der Waals surface area contributed by atoms with Gasteiger partial charge in [-0.15, -0.1) is 0 Å². The lowest BCUT2D eigenvalue weighted by Gasteiger charge is -2.22. The highest BCUT2D eigenvalue weighted by Crippen LogP contribution is 2.30. The summed E-state index contributed by atoms with van der Waals surface area (Å²) >= 11 is 0. The summed E-state index contributed by atoms with van der Waals surface area (Å²) in [6, 6.07) is 0.263. The Bertz CT molecular complexity index is 401. The smallest absolute Gasteiger partial charge is 0.109 e. The summed E-state index contributed by atoms with van der Waals surface area (Å²) in [4.78, 5) is 7.16. The van der Waals surface area contributed by atoms with Crippen LogP contribution in [0.15, 0.2) is 6.20 Å². The summed E-state index contributed by atoms with van der Waals surface area (Å²) in [5.74, 6) is 1.78. The van der Waals surface area contributed by atoms with Gasteiger partial charge >= 0.3 is 0 Å². The minimum Gasteiger partial charge on any atom is -0.394 e. The molecule has 4 heteroatoms. The summed E-state index contributed by atoms with van der Waals surface area (Å²) in [6.45, 7) is 2.55. The number of rotatable bonds is 2. The topological polar surface area (TPSA) is 41.3 Å². The third-order valence-corrected chi connectivity index (χ3v) is 4.18. The van der Waals surface area contributed by atoms with Gasteiger partial charge in [-0.05, 0) is 32.9 Å². The third-order valence-electron chi connectivity index (χ3n) is 4.18. The summed E-state index contributed by atoms with van der Waals surface area (Å²) in [5, 5.41) is 9.40. The van der Waals surface area contributed by atoms with E-state index in [2.05, 4.69) is 22.7 Å². The number of likely N-dealkylation sites (N-methyl/N-ethyl adjacent to an activating group) is 1. The number of aliphatic hydroxyl groups excluding tert-OH is 1. The summed E-state index contributed by atoms with van der Waals surface area (Å²) < 4.78 is 2.22. The molecule has 1 aromatic rings. The van der Waals surface area contributed by atoms with E-state index in [1.54, 1.807) is 0 Å². The van der Waals surface area contributed by atoms with Gasteiger partial charge in [0.2, 0.25) is 0 Å². The fraction of sp³-hybridized carbons (Fsp3) is 0.769. The molecule has 2 unspecified atom stereocenters. The van der Waals surface area contributed by atoms with E-state index in [1.165, 1.54) is 24.5 Å². The molecule has 3 heterocycles. The van der Waals surface area contributed by atoms with Crippen LogP contribution >= 0.6 is 0 Å². The maximum Gasteiger partial charge on any atom is 0.109 e. The molecule has 1 saturated heterocycles. The van der Waals surface area contributed by atoms with E-state index in [4.69, 9.17) is 4.98 Å². The monoisotopic (exact) mass is 235 g/mol. The largest absolute Gasteiger partial charge is 0.394 e. The van der Waals surface area contributed by atoms with Crippen molar-refractivity contribution in [1.29, 1.82) is 0 Å². The molecule has 4 nitrogen and oxygen atoms in total. The number of aromatic nitrogens is 2. The van der Waals surface area contributed by atoms with Crippen LogP contribution < -0.4 is 0 Å². The Hall–Kier alpha value is -0.870. The number of fused-ring (bicyclic) bond motifs is 1. The first-order valence-corrected chi connectivity index (χ1v) is 6.65. The lowest BCUT2D eigenvalue weighted by molar-refractivity contribution is 0.206. The lowest BCUT2D eigenvalue weighted by Crippen LogP contribution is -2.20. The maximum atomic E-state index is 9.40. The first-order valence-electron chi connectivity index (χ1n) is 6.65. The van der Waals surface area contributed by atoms with Crippen molar-refractivity contribution in [3.8, 4) is 0 Å². The zero-order chi connectivity index (χ0) is 11.8. The molecule has 2 aliphatic heterocycles. The molecule has 1 fully saturated rings. The number of aliphatic hydroxyl groups is 1. The van der Waals surface area contributed by atoms with Crippen LogP contribution in [0.5, 0.6) is 0 Å². The number of likely N-dealkylation sites (tertiary alicyclic amines) is 1. The lowest BCUT2D eigenvalue weighted by atomic mass is 10.1. The third kappa shape index (κ3) is 2.00. The van der Waals surface area contributed by atoms with Crippen molar-refractivity contribution in [2.45, 2.75) is 37.6 Å². The molecular formula is C13H21N3O. The van der Waals surface area contributed by atoms with Gasteiger partial charge in [0.25, 0.3) is 0 Å². The molecule has 0 saturated carbocycles. The Morgan fingerprint density at radius 1 is 1.47 bits per heavy atom.